The highest BCUT2D eigenvalue weighted by Gasteiger charge is 2.22. The van der Waals surface area contributed by atoms with E-state index in [9.17, 15) is 9.18 Å². The number of hydrogen-bond donors (Lipinski definition) is 1. The fourth-order valence-corrected chi connectivity index (χ4v) is 3.54. The van der Waals surface area contributed by atoms with Crippen molar-refractivity contribution in [1.29, 1.82) is 0 Å². The third-order valence-electron chi connectivity index (χ3n) is 5.41. The van der Waals surface area contributed by atoms with E-state index in [4.69, 9.17) is 9.47 Å². The van der Waals surface area contributed by atoms with Crippen LogP contribution in [0.25, 0.3) is 16.9 Å². The highest BCUT2D eigenvalue weighted by molar-refractivity contribution is 5.67. The van der Waals surface area contributed by atoms with Gasteiger partial charge in [-0.25, -0.2) is 9.18 Å². The van der Waals surface area contributed by atoms with Gasteiger partial charge in [0, 0.05) is 35.8 Å². The minimum absolute atomic E-state index is 0.216. The molecule has 0 spiro atoms. The predicted molar refractivity (Wildman–Crippen MR) is 116 cm³/mol. The van der Waals surface area contributed by atoms with E-state index < -0.39 is 0 Å². The standard InChI is InChI=1S/C23H22FN5O3/c1-31-22-20(17-11-25-26-12-17)4-5-21(27-22)29-7-6-28(23(29)30)13-16-8-18(24)10-19(9-16)32-14-15-2-3-15/h4-12,15H,2-3,13-14H2,1H3,(H,25,26). The first-order chi connectivity index (χ1) is 15.6. The second-order valence-electron chi connectivity index (χ2n) is 7.84. The minimum Gasteiger partial charge on any atom is -0.493 e. The summed E-state index contributed by atoms with van der Waals surface area (Å²) < 4.78 is 28.1. The van der Waals surface area contributed by atoms with E-state index in [1.165, 1.54) is 28.4 Å². The Bertz CT molecular complexity index is 1290. The second kappa shape index (κ2) is 8.33. The number of halogens is 1. The summed E-state index contributed by atoms with van der Waals surface area (Å²) in [6, 6.07) is 8.12. The number of pyridine rings is 1. The van der Waals surface area contributed by atoms with Gasteiger partial charge in [-0.05, 0) is 48.6 Å². The first-order valence-electron chi connectivity index (χ1n) is 10.4. The summed E-state index contributed by atoms with van der Waals surface area (Å²) in [7, 11) is 1.52. The summed E-state index contributed by atoms with van der Waals surface area (Å²) in [5.41, 5.74) is 1.95. The van der Waals surface area contributed by atoms with Crippen molar-refractivity contribution >= 4 is 0 Å². The predicted octanol–water partition coefficient (Wildman–Crippen LogP) is 3.41. The molecule has 5 rings (SSSR count). The van der Waals surface area contributed by atoms with Gasteiger partial charge in [0.25, 0.3) is 0 Å². The number of H-pyrrole nitrogens is 1. The Hall–Kier alpha value is -3.88. The largest absolute Gasteiger partial charge is 0.493 e. The number of nitrogens with one attached hydrogen (secondary N) is 1. The van der Waals surface area contributed by atoms with Crippen molar-refractivity contribution in [1.82, 2.24) is 24.3 Å². The summed E-state index contributed by atoms with van der Waals surface area (Å²) in [4.78, 5) is 17.5. The maximum absolute atomic E-state index is 14.1. The molecule has 1 fully saturated rings. The van der Waals surface area contributed by atoms with Gasteiger partial charge in [-0.2, -0.15) is 10.1 Å². The molecule has 3 aromatic heterocycles. The molecule has 0 amide bonds. The van der Waals surface area contributed by atoms with Crippen LogP contribution in [0.4, 0.5) is 4.39 Å². The van der Waals surface area contributed by atoms with Crippen LogP contribution in [0.15, 0.2) is 59.9 Å². The van der Waals surface area contributed by atoms with Crippen LogP contribution < -0.4 is 15.2 Å². The molecule has 1 aromatic carbocycles. The monoisotopic (exact) mass is 435 g/mol. The highest BCUT2D eigenvalue weighted by Crippen LogP contribution is 2.30. The number of rotatable bonds is 8. The number of methoxy groups -OCH3 is 1. The zero-order valence-corrected chi connectivity index (χ0v) is 17.5. The molecule has 0 bridgehead atoms. The van der Waals surface area contributed by atoms with E-state index >= 15 is 0 Å². The normalized spacial score (nSPS) is 13.3. The molecule has 0 aliphatic heterocycles. The van der Waals surface area contributed by atoms with Crippen LogP contribution in [0, 0.1) is 11.7 Å². The van der Waals surface area contributed by atoms with Crippen molar-refractivity contribution in [3.8, 4) is 28.6 Å². The van der Waals surface area contributed by atoms with Crippen molar-refractivity contribution in [2.24, 2.45) is 5.92 Å². The lowest BCUT2D eigenvalue weighted by Gasteiger charge is -2.09. The van der Waals surface area contributed by atoms with E-state index in [-0.39, 0.29) is 18.1 Å². The molecule has 8 nitrogen and oxygen atoms in total. The van der Waals surface area contributed by atoms with Crippen LogP contribution in [0.3, 0.4) is 0 Å². The molecule has 1 N–H and O–H groups in total. The molecule has 9 heteroatoms. The Morgan fingerprint density at radius 1 is 1.22 bits per heavy atom. The third-order valence-corrected chi connectivity index (χ3v) is 5.41. The molecule has 3 heterocycles. The molecule has 32 heavy (non-hydrogen) atoms. The molecular formula is C23H22FN5O3. The van der Waals surface area contributed by atoms with E-state index in [0.717, 1.165) is 24.0 Å². The Morgan fingerprint density at radius 2 is 2.09 bits per heavy atom. The zero-order valence-electron chi connectivity index (χ0n) is 17.5. The molecule has 0 radical (unpaired) electrons. The zero-order chi connectivity index (χ0) is 22.1. The van der Waals surface area contributed by atoms with Crippen LogP contribution in [-0.2, 0) is 6.54 Å². The summed E-state index contributed by atoms with van der Waals surface area (Å²) in [5, 5.41) is 6.70. The van der Waals surface area contributed by atoms with Gasteiger partial charge in [0.05, 0.1) is 26.5 Å². The van der Waals surface area contributed by atoms with Gasteiger partial charge in [0.1, 0.15) is 17.4 Å². The van der Waals surface area contributed by atoms with Crippen molar-refractivity contribution in [2.75, 3.05) is 13.7 Å². The summed E-state index contributed by atoms with van der Waals surface area (Å²) in [6.07, 6.45) is 9.01. The lowest BCUT2D eigenvalue weighted by molar-refractivity contribution is 0.298. The van der Waals surface area contributed by atoms with Crippen molar-refractivity contribution in [2.45, 2.75) is 19.4 Å². The van der Waals surface area contributed by atoms with Crippen LogP contribution >= 0.6 is 0 Å². The topological polar surface area (TPSA) is 87.0 Å². The number of imidazole rings is 1. The lowest BCUT2D eigenvalue weighted by atomic mass is 10.1. The Kier molecular flexibility index (Phi) is 5.22. The van der Waals surface area contributed by atoms with Gasteiger partial charge in [-0.15, -0.1) is 0 Å². The molecule has 0 unspecified atom stereocenters. The van der Waals surface area contributed by atoms with Gasteiger partial charge < -0.3 is 9.47 Å². The number of hydrogen-bond acceptors (Lipinski definition) is 5. The van der Waals surface area contributed by atoms with Crippen molar-refractivity contribution in [3.63, 3.8) is 0 Å². The van der Waals surface area contributed by atoms with E-state index in [1.54, 1.807) is 36.9 Å². The van der Waals surface area contributed by atoms with Gasteiger partial charge in [-0.1, -0.05) is 0 Å². The first kappa shape index (κ1) is 20.0. The van der Waals surface area contributed by atoms with Gasteiger partial charge >= 0.3 is 5.69 Å². The van der Waals surface area contributed by atoms with Crippen molar-refractivity contribution in [3.05, 3.63) is 77.0 Å². The molecule has 1 aliphatic carbocycles. The number of nitrogens with zero attached hydrogens (tertiary/aromatic N) is 4. The second-order valence-corrected chi connectivity index (χ2v) is 7.84. The molecule has 4 aromatic rings. The van der Waals surface area contributed by atoms with Crippen LogP contribution in [0.1, 0.15) is 18.4 Å². The summed E-state index contributed by atoms with van der Waals surface area (Å²) >= 11 is 0. The third kappa shape index (κ3) is 4.14. The molecule has 0 saturated heterocycles. The smallest absolute Gasteiger partial charge is 0.334 e. The van der Waals surface area contributed by atoms with Crippen molar-refractivity contribution < 1.29 is 13.9 Å². The maximum Gasteiger partial charge on any atom is 0.334 e. The first-order valence-corrected chi connectivity index (χ1v) is 10.4. The Labute approximate surface area is 183 Å². The quantitative estimate of drug-likeness (QED) is 0.458. The number of aromatic amines is 1. The SMILES string of the molecule is COc1nc(-n2ccn(Cc3cc(F)cc(OCC4CC4)c3)c2=O)ccc1-c1cn[nH]c1. The summed E-state index contributed by atoms with van der Waals surface area (Å²) in [6.45, 7) is 0.815. The van der Waals surface area contributed by atoms with Crippen LogP contribution in [0.2, 0.25) is 0 Å². The fraction of sp³-hybridized carbons (Fsp3) is 0.261. The fourth-order valence-electron chi connectivity index (χ4n) is 3.54. The minimum atomic E-state index is -0.387. The Balaban J connectivity index is 1.40. The average Bonchev–Trinajstić information content (AvgIpc) is 3.33. The molecular weight excluding hydrogens is 413 g/mol. The van der Waals surface area contributed by atoms with Gasteiger partial charge in [0.15, 0.2) is 0 Å². The number of aromatic nitrogens is 5. The molecule has 1 aliphatic rings. The van der Waals surface area contributed by atoms with Gasteiger partial charge in [0.2, 0.25) is 5.88 Å². The van der Waals surface area contributed by atoms with E-state index in [1.807, 2.05) is 6.07 Å². The maximum atomic E-state index is 14.1. The molecule has 164 valence electrons. The van der Waals surface area contributed by atoms with Crippen LogP contribution in [0.5, 0.6) is 11.6 Å². The van der Waals surface area contributed by atoms with Crippen LogP contribution in [-0.4, -0.2) is 38.0 Å². The van der Waals surface area contributed by atoms with Gasteiger partial charge in [-0.3, -0.25) is 14.2 Å². The average molecular weight is 435 g/mol. The van der Waals surface area contributed by atoms with E-state index in [0.29, 0.717) is 35.5 Å². The highest BCUT2D eigenvalue weighted by atomic mass is 19.1. The van der Waals surface area contributed by atoms with E-state index in [2.05, 4.69) is 15.2 Å². The molecule has 1 saturated carbocycles. The summed E-state index contributed by atoms with van der Waals surface area (Å²) in [5.74, 6) is 1.47. The number of benzene rings is 1. The number of ether oxygens (including phenoxy) is 2. The lowest BCUT2D eigenvalue weighted by Crippen LogP contribution is -2.24. The Morgan fingerprint density at radius 3 is 2.84 bits per heavy atom. The molecule has 0 atom stereocenters.